The minimum atomic E-state index is -4.47. The van der Waals surface area contributed by atoms with E-state index in [0.717, 1.165) is 12.1 Å². The number of rotatable bonds is 7. The van der Waals surface area contributed by atoms with Gasteiger partial charge in [0.25, 0.3) is 5.91 Å². The molecule has 2 aromatic rings. The highest BCUT2D eigenvalue weighted by molar-refractivity contribution is 5.99. The number of aromatic nitrogens is 1. The van der Waals surface area contributed by atoms with Gasteiger partial charge in [0.05, 0.1) is 18.2 Å². The van der Waals surface area contributed by atoms with Gasteiger partial charge < -0.3 is 15.0 Å². The molecular weight excluding hydrogens is 375 g/mol. The molecular formula is C19H20F3N3O3. The second kappa shape index (κ2) is 9.20. The quantitative estimate of drug-likeness (QED) is 0.721. The van der Waals surface area contributed by atoms with Crippen LogP contribution >= 0.6 is 0 Å². The second-order valence-corrected chi connectivity index (χ2v) is 6.01. The molecule has 0 aliphatic heterocycles. The Kier molecular flexibility index (Phi) is 6.97. The Hall–Kier alpha value is -3.10. The van der Waals surface area contributed by atoms with Crippen molar-refractivity contribution in [2.75, 3.05) is 26.0 Å². The lowest BCUT2D eigenvalue weighted by Gasteiger charge is -2.19. The molecule has 0 aliphatic rings. The number of pyridine rings is 1. The maximum atomic E-state index is 12.9. The summed E-state index contributed by atoms with van der Waals surface area (Å²) in [5.74, 6) is -0.590. The fraction of sp³-hybridized carbons (Fsp3) is 0.316. The number of nitrogens with zero attached hydrogens (tertiary/aromatic N) is 2. The fourth-order valence-corrected chi connectivity index (χ4v) is 2.46. The number of alkyl halides is 3. The Morgan fingerprint density at radius 3 is 2.64 bits per heavy atom. The SMILES string of the molecule is COC(=O)CCCN(C)C(=O)c1cccnc1Nc1cccc(C(F)(F)F)c1. The molecule has 28 heavy (non-hydrogen) atoms. The smallest absolute Gasteiger partial charge is 0.416 e. The van der Waals surface area contributed by atoms with Crippen molar-refractivity contribution in [3.05, 3.63) is 53.7 Å². The van der Waals surface area contributed by atoms with Crippen LogP contribution in [0.5, 0.6) is 0 Å². The fourth-order valence-electron chi connectivity index (χ4n) is 2.46. The van der Waals surface area contributed by atoms with Gasteiger partial charge in [-0.15, -0.1) is 0 Å². The van der Waals surface area contributed by atoms with E-state index in [-0.39, 0.29) is 35.4 Å². The van der Waals surface area contributed by atoms with Gasteiger partial charge in [-0.1, -0.05) is 6.07 Å². The van der Waals surface area contributed by atoms with Crippen molar-refractivity contribution in [3.63, 3.8) is 0 Å². The number of carbonyl (C=O) groups is 2. The minimum Gasteiger partial charge on any atom is -0.469 e. The van der Waals surface area contributed by atoms with Crippen LogP contribution in [0.25, 0.3) is 0 Å². The lowest BCUT2D eigenvalue weighted by molar-refractivity contribution is -0.140. The number of methoxy groups -OCH3 is 1. The van der Waals surface area contributed by atoms with E-state index in [1.165, 1.54) is 36.4 Å². The maximum Gasteiger partial charge on any atom is 0.416 e. The van der Waals surface area contributed by atoms with E-state index < -0.39 is 11.7 Å². The normalized spacial score (nSPS) is 11.0. The van der Waals surface area contributed by atoms with Gasteiger partial charge in [-0.2, -0.15) is 13.2 Å². The van der Waals surface area contributed by atoms with E-state index in [2.05, 4.69) is 15.0 Å². The Bertz CT molecular complexity index is 840. The minimum absolute atomic E-state index is 0.145. The number of anilines is 2. The average molecular weight is 395 g/mol. The number of hydrogen-bond acceptors (Lipinski definition) is 5. The zero-order valence-corrected chi connectivity index (χ0v) is 15.4. The molecule has 0 radical (unpaired) electrons. The van der Waals surface area contributed by atoms with Gasteiger partial charge in [-0.05, 0) is 36.8 Å². The van der Waals surface area contributed by atoms with E-state index in [0.29, 0.717) is 13.0 Å². The van der Waals surface area contributed by atoms with Gasteiger partial charge in [0.2, 0.25) is 0 Å². The lowest BCUT2D eigenvalue weighted by atomic mass is 10.1. The standard InChI is InChI=1S/C19H20F3N3O3/c1-25(11-5-9-16(26)28-2)18(27)15-8-4-10-23-17(15)24-14-7-3-6-13(12-14)19(20,21)22/h3-4,6-8,10,12H,5,9,11H2,1-2H3,(H,23,24). The molecule has 2 rings (SSSR count). The van der Waals surface area contributed by atoms with Gasteiger partial charge in [0.1, 0.15) is 5.82 Å². The van der Waals surface area contributed by atoms with Crippen LogP contribution in [-0.2, 0) is 15.7 Å². The molecule has 0 unspecified atom stereocenters. The highest BCUT2D eigenvalue weighted by Crippen LogP contribution is 2.31. The maximum absolute atomic E-state index is 12.9. The molecule has 0 atom stereocenters. The number of carbonyl (C=O) groups excluding carboxylic acids is 2. The van der Waals surface area contributed by atoms with E-state index in [4.69, 9.17) is 0 Å². The summed E-state index contributed by atoms with van der Waals surface area (Å²) in [6.45, 7) is 0.311. The molecule has 9 heteroatoms. The van der Waals surface area contributed by atoms with Gasteiger partial charge in [-0.3, -0.25) is 9.59 Å². The Morgan fingerprint density at radius 2 is 1.96 bits per heavy atom. The topological polar surface area (TPSA) is 71.5 Å². The van der Waals surface area contributed by atoms with Crippen LogP contribution in [0.1, 0.15) is 28.8 Å². The third kappa shape index (κ3) is 5.70. The summed E-state index contributed by atoms with van der Waals surface area (Å²) >= 11 is 0. The molecule has 1 aromatic carbocycles. The highest BCUT2D eigenvalue weighted by Gasteiger charge is 2.30. The Morgan fingerprint density at radius 1 is 1.21 bits per heavy atom. The van der Waals surface area contributed by atoms with Crippen molar-refractivity contribution < 1.29 is 27.5 Å². The summed E-state index contributed by atoms with van der Waals surface area (Å²) in [5, 5.41) is 2.77. The summed E-state index contributed by atoms with van der Waals surface area (Å²) in [7, 11) is 2.86. The molecule has 1 aromatic heterocycles. The first-order valence-corrected chi connectivity index (χ1v) is 8.44. The first-order valence-electron chi connectivity index (χ1n) is 8.44. The van der Waals surface area contributed by atoms with Crippen LogP contribution in [0, 0.1) is 0 Å². The average Bonchev–Trinajstić information content (AvgIpc) is 2.67. The summed E-state index contributed by atoms with van der Waals surface area (Å²) < 4.78 is 43.2. The molecule has 1 heterocycles. The Labute approximate surface area is 160 Å². The molecule has 0 saturated carbocycles. The first kappa shape index (κ1) is 21.2. The summed E-state index contributed by atoms with van der Waals surface area (Å²) in [5.41, 5.74) is -0.433. The van der Waals surface area contributed by atoms with Crippen molar-refractivity contribution >= 4 is 23.4 Å². The van der Waals surface area contributed by atoms with Crippen molar-refractivity contribution in [3.8, 4) is 0 Å². The van der Waals surface area contributed by atoms with E-state index in [1.807, 2.05) is 0 Å². The predicted molar refractivity (Wildman–Crippen MR) is 97.2 cm³/mol. The number of benzene rings is 1. The summed E-state index contributed by atoms with van der Waals surface area (Å²) in [4.78, 5) is 29.3. The predicted octanol–water partition coefficient (Wildman–Crippen LogP) is 3.87. The number of halogens is 3. The zero-order chi connectivity index (χ0) is 20.7. The molecule has 6 nitrogen and oxygen atoms in total. The van der Waals surface area contributed by atoms with Crippen LogP contribution in [0.3, 0.4) is 0 Å². The molecule has 0 fully saturated rings. The number of ether oxygens (including phenoxy) is 1. The molecule has 0 bridgehead atoms. The Balaban J connectivity index is 2.14. The van der Waals surface area contributed by atoms with Crippen LogP contribution in [0.15, 0.2) is 42.6 Å². The third-order valence-electron chi connectivity index (χ3n) is 3.94. The summed E-state index contributed by atoms with van der Waals surface area (Å²) in [6, 6.07) is 7.73. The molecule has 0 aliphatic carbocycles. The van der Waals surface area contributed by atoms with Crippen molar-refractivity contribution in [1.29, 1.82) is 0 Å². The summed E-state index contributed by atoms with van der Waals surface area (Å²) in [6.07, 6.45) is -2.44. The molecule has 150 valence electrons. The zero-order valence-electron chi connectivity index (χ0n) is 15.4. The third-order valence-corrected chi connectivity index (χ3v) is 3.94. The highest BCUT2D eigenvalue weighted by atomic mass is 19.4. The van der Waals surface area contributed by atoms with Crippen LogP contribution in [0.4, 0.5) is 24.7 Å². The number of hydrogen-bond donors (Lipinski definition) is 1. The number of nitrogens with one attached hydrogen (secondary N) is 1. The van der Waals surface area contributed by atoms with Crippen molar-refractivity contribution in [2.45, 2.75) is 19.0 Å². The van der Waals surface area contributed by atoms with Crippen LogP contribution < -0.4 is 5.32 Å². The van der Waals surface area contributed by atoms with Gasteiger partial charge in [0.15, 0.2) is 0 Å². The molecule has 1 amide bonds. The van der Waals surface area contributed by atoms with Crippen LogP contribution in [-0.4, -0.2) is 42.5 Å². The lowest BCUT2D eigenvalue weighted by Crippen LogP contribution is -2.29. The van der Waals surface area contributed by atoms with Crippen LogP contribution in [0.2, 0.25) is 0 Å². The van der Waals surface area contributed by atoms with E-state index in [9.17, 15) is 22.8 Å². The van der Waals surface area contributed by atoms with Crippen molar-refractivity contribution in [1.82, 2.24) is 9.88 Å². The van der Waals surface area contributed by atoms with Gasteiger partial charge >= 0.3 is 12.1 Å². The van der Waals surface area contributed by atoms with Gasteiger partial charge in [-0.25, -0.2) is 4.98 Å². The molecule has 0 spiro atoms. The van der Waals surface area contributed by atoms with Gasteiger partial charge in [0, 0.05) is 31.9 Å². The second-order valence-electron chi connectivity index (χ2n) is 6.01. The monoisotopic (exact) mass is 395 g/mol. The first-order chi connectivity index (χ1) is 13.2. The van der Waals surface area contributed by atoms with Crippen molar-refractivity contribution in [2.24, 2.45) is 0 Å². The van der Waals surface area contributed by atoms with E-state index in [1.54, 1.807) is 13.1 Å². The molecule has 0 saturated heterocycles. The van der Waals surface area contributed by atoms with E-state index >= 15 is 0 Å². The number of amides is 1. The largest absolute Gasteiger partial charge is 0.469 e. The number of esters is 1. The molecule has 1 N–H and O–H groups in total.